The maximum atomic E-state index is 12.9. The number of hydrogen-bond donors (Lipinski definition) is 3. The normalized spacial score (nSPS) is 18.9. The second kappa shape index (κ2) is 10.9. The fourth-order valence-electron chi connectivity index (χ4n) is 4.24. The van der Waals surface area contributed by atoms with Crippen LogP contribution in [0.1, 0.15) is 23.2 Å². The van der Waals surface area contributed by atoms with E-state index in [2.05, 4.69) is 25.5 Å². The summed E-state index contributed by atoms with van der Waals surface area (Å²) in [5.74, 6) is 1.09. The molecular formula is C24H30ClN5O3. The fourth-order valence-corrected chi connectivity index (χ4v) is 4.41. The number of piperidine rings is 1. The van der Waals surface area contributed by atoms with Crippen molar-refractivity contribution < 1.29 is 14.3 Å². The van der Waals surface area contributed by atoms with Gasteiger partial charge in [-0.3, -0.25) is 4.79 Å². The van der Waals surface area contributed by atoms with Crippen molar-refractivity contribution in [2.75, 3.05) is 45.7 Å². The average Bonchev–Trinajstić information content (AvgIpc) is 3.25. The van der Waals surface area contributed by atoms with Gasteiger partial charge in [-0.15, -0.1) is 0 Å². The minimum Gasteiger partial charge on any atom is -0.496 e. The number of halogens is 1. The lowest BCUT2D eigenvalue weighted by molar-refractivity contribution is 0.00637. The smallest absolute Gasteiger partial charge is 0.255 e. The summed E-state index contributed by atoms with van der Waals surface area (Å²) in [5.41, 5.74) is 2.42. The van der Waals surface area contributed by atoms with Crippen LogP contribution in [0.4, 0.5) is 5.95 Å². The Morgan fingerprint density at radius 2 is 2.12 bits per heavy atom. The predicted octanol–water partition coefficient (Wildman–Crippen LogP) is 3.55. The number of carbonyl (C=O) groups is 1. The van der Waals surface area contributed by atoms with Crippen LogP contribution in [0, 0.1) is 0 Å². The number of aromatic amines is 1. The summed E-state index contributed by atoms with van der Waals surface area (Å²) in [6.07, 6.45) is 1.70. The number of anilines is 1. The molecule has 176 valence electrons. The Morgan fingerprint density at radius 3 is 2.91 bits per heavy atom. The molecule has 1 aliphatic rings. The molecule has 1 amide bonds. The molecule has 3 aromatic rings. The first-order valence-corrected chi connectivity index (χ1v) is 11.5. The van der Waals surface area contributed by atoms with E-state index < -0.39 is 0 Å². The SMILES string of the molecule is COc1ccc(Cl)cc1C(=O)NC1CCN(CCCNc2nc3ccccc3[nH]2)CC1OC. The fraction of sp³-hybridized carbons (Fsp3) is 0.417. The van der Waals surface area contributed by atoms with Gasteiger partial charge in [0.25, 0.3) is 5.91 Å². The molecule has 1 aromatic heterocycles. The molecule has 4 rings (SSSR count). The number of benzene rings is 2. The van der Waals surface area contributed by atoms with Crippen LogP contribution in [0.25, 0.3) is 11.0 Å². The second-order valence-electron chi connectivity index (χ2n) is 8.17. The number of nitrogens with one attached hydrogen (secondary N) is 3. The van der Waals surface area contributed by atoms with Gasteiger partial charge in [-0.2, -0.15) is 0 Å². The maximum absolute atomic E-state index is 12.9. The summed E-state index contributed by atoms with van der Waals surface area (Å²) in [6.45, 7) is 3.42. The summed E-state index contributed by atoms with van der Waals surface area (Å²) in [6, 6.07) is 12.9. The number of aromatic nitrogens is 2. The molecule has 8 nitrogen and oxygen atoms in total. The third kappa shape index (κ3) is 5.76. The molecule has 33 heavy (non-hydrogen) atoms. The molecule has 0 bridgehead atoms. The Kier molecular flexibility index (Phi) is 7.69. The van der Waals surface area contributed by atoms with Crippen molar-refractivity contribution in [3.63, 3.8) is 0 Å². The van der Waals surface area contributed by atoms with Gasteiger partial charge < -0.3 is 30.0 Å². The Labute approximate surface area is 198 Å². The summed E-state index contributed by atoms with van der Waals surface area (Å²) in [4.78, 5) is 23.1. The number of nitrogens with zero attached hydrogens (tertiary/aromatic N) is 2. The van der Waals surface area contributed by atoms with Gasteiger partial charge in [0, 0.05) is 31.8 Å². The lowest BCUT2D eigenvalue weighted by Crippen LogP contribution is -2.55. The van der Waals surface area contributed by atoms with Gasteiger partial charge >= 0.3 is 0 Å². The first-order valence-electron chi connectivity index (χ1n) is 11.2. The average molecular weight is 472 g/mol. The van der Waals surface area contributed by atoms with Crippen molar-refractivity contribution in [2.45, 2.75) is 25.0 Å². The van der Waals surface area contributed by atoms with Crippen molar-refractivity contribution >= 4 is 34.5 Å². The zero-order chi connectivity index (χ0) is 23.2. The molecule has 9 heteroatoms. The van der Waals surface area contributed by atoms with E-state index in [9.17, 15) is 4.79 Å². The molecule has 0 spiro atoms. The molecule has 0 radical (unpaired) electrons. The number of likely N-dealkylation sites (tertiary alicyclic amines) is 1. The summed E-state index contributed by atoms with van der Waals surface area (Å²) in [7, 11) is 3.23. The molecular weight excluding hydrogens is 442 g/mol. The molecule has 2 atom stereocenters. The molecule has 3 N–H and O–H groups in total. The number of imidazole rings is 1. The molecule has 0 saturated carbocycles. The highest BCUT2D eigenvalue weighted by molar-refractivity contribution is 6.31. The molecule has 1 aliphatic heterocycles. The van der Waals surface area contributed by atoms with Gasteiger partial charge in [0.05, 0.1) is 35.9 Å². The third-order valence-electron chi connectivity index (χ3n) is 6.00. The third-order valence-corrected chi connectivity index (χ3v) is 6.24. The highest BCUT2D eigenvalue weighted by atomic mass is 35.5. The molecule has 0 aliphatic carbocycles. The van der Waals surface area contributed by atoms with Crippen molar-refractivity contribution in [1.82, 2.24) is 20.2 Å². The van der Waals surface area contributed by atoms with Gasteiger partial charge in [-0.1, -0.05) is 23.7 Å². The van der Waals surface area contributed by atoms with Crippen LogP contribution in [-0.4, -0.2) is 73.3 Å². The molecule has 2 unspecified atom stereocenters. The minimum atomic E-state index is -0.204. The Bertz CT molecular complexity index is 1060. The van der Waals surface area contributed by atoms with Crippen molar-refractivity contribution in [1.29, 1.82) is 0 Å². The summed E-state index contributed by atoms with van der Waals surface area (Å²) < 4.78 is 11.0. The van der Waals surface area contributed by atoms with Gasteiger partial charge in [-0.05, 0) is 49.7 Å². The first-order chi connectivity index (χ1) is 16.1. The quantitative estimate of drug-likeness (QED) is 0.413. The number of hydrogen-bond acceptors (Lipinski definition) is 6. The number of para-hydroxylation sites is 2. The Balaban J connectivity index is 1.25. The molecule has 2 aromatic carbocycles. The van der Waals surface area contributed by atoms with E-state index in [1.54, 1.807) is 32.4 Å². The monoisotopic (exact) mass is 471 g/mol. The molecule has 1 saturated heterocycles. The predicted molar refractivity (Wildman–Crippen MR) is 130 cm³/mol. The van der Waals surface area contributed by atoms with Crippen LogP contribution < -0.4 is 15.4 Å². The lowest BCUT2D eigenvalue weighted by Gasteiger charge is -2.38. The largest absolute Gasteiger partial charge is 0.496 e. The van der Waals surface area contributed by atoms with Gasteiger partial charge in [0.1, 0.15) is 5.75 Å². The highest BCUT2D eigenvalue weighted by Crippen LogP contribution is 2.23. The van der Waals surface area contributed by atoms with E-state index in [1.165, 1.54) is 0 Å². The number of rotatable bonds is 9. The molecule has 1 fully saturated rings. The number of carbonyl (C=O) groups excluding carboxylic acids is 1. The van der Waals surface area contributed by atoms with Crippen LogP contribution in [0.2, 0.25) is 5.02 Å². The number of methoxy groups -OCH3 is 2. The van der Waals surface area contributed by atoms with Crippen LogP contribution in [0.3, 0.4) is 0 Å². The summed E-state index contributed by atoms with van der Waals surface area (Å²) >= 11 is 6.08. The Morgan fingerprint density at radius 1 is 1.27 bits per heavy atom. The van der Waals surface area contributed by atoms with Crippen LogP contribution in [0.5, 0.6) is 5.75 Å². The zero-order valence-electron chi connectivity index (χ0n) is 18.9. The van der Waals surface area contributed by atoms with Crippen molar-refractivity contribution in [3.8, 4) is 5.75 Å². The van der Waals surface area contributed by atoms with E-state index in [0.29, 0.717) is 16.3 Å². The van der Waals surface area contributed by atoms with Gasteiger partial charge in [0.2, 0.25) is 5.95 Å². The topological polar surface area (TPSA) is 91.5 Å². The van der Waals surface area contributed by atoms with Crippen molar-refractivity contribution in [3.05, 3.63) is 53.1 Å². The van der Waals surface area contributed by atoms with E-state index in [-0.39, 0.29) is 18.1 Å². The Hall–Kier alpha value is -2.81. The van der Waals surface area contributed by atoms with E-state index >= 15 is 0 Å². The van der Waals surface area contributed by atoms with Gasteiger partial charge in [0.15, 0.2) is 0 Å². The lowest BCUT2D eigenvalue weighted by atomic mass is 10.0. The van der Waals surface area contributed by atoms with Crippen LogP contribution >= 0.6 is 11.6 Å². The van der Waals surface area contributed by atoms with Crippen LogP contribution in [-0.2, 0) is 4.74 Å². The number of ether oxygens (including phenoxy) is 2. The van der Waals surface area contributed by atoms with E-state index in [1.807, 2.05) is 24.3 Å². The van der Waals surface area contributed by atoms with Crippen LogP contribution in [0.15, 0.2) is 42.5 Å². The van der Waals surface area contributed by atoms with Gasteiger partial charge in [-0.25, -0.2) is 4.98 Å². The summed E-state index contributed by atoms with van der Waals surface area (Å²) in [5, 5.41) is 6.96. The zero-order valence-corrected chi connectivity index (χ0v) is 19.7. The number of H-pyrrole nitrogens is 1. The second-order valence-corrected chi connectivity index (χ2v) is 8.61. The van der Waals surface area contributed by atoms with E-state index in [4.69, 9.17) is 21.1 Å². The standard InChI is InChI=1S/C24H30ClN5O3/c1-32-21-9-8-16(25)14-17(21)23(31)27-20-10-13-30(15-22(20)33-2)12-5-11-26-24-28-18-6-3-4-7-19(18)29-24/h3-4,6-9,14,20,22H,5,10-13,15H2,1-2H3,(H,27,31)(H2,26,28,29). The van der Waals surface area contributed by atoms with Crippen molar-refractivity contribution in [2.24, 2.45) is 0 Å². The minimum absolute atomic E-state index is 0.0730. The first kappa shape index (κ1) is 23.4. The molecule has 2 heterocycles. The maximum Gasteiger partial charge on any atom is 0.255 e. The van der Waals surface area contributed by atoms with E-state index in [0.717, 1.165) is 56.0 Å². The number of fused-ring (bicyclic) bond motifs is 1. The number of amides is 1. The highest BCUT2D eigenvalue weighted by Gasteiger charge is 2.31.